The molecule has 1 N–H and O–H groups in total. The van der Waals surface area contributed by atoms with E-state index in [1.165, 1.54) is 23.5 Å². The number of aromatic nitrogens is 5. The third-order valence-corrected chi connectivity index (χ3v) is 6.69. The van der Waals surface area contributed by atoms with Crippen LogP contribution in [0.15, 0.2) is 82.9 Å². The first-order valence-electron chi connectivity index (χ1n) is 10.9. The molecule has 3 aromatic heterocycles. The van der Waals surface area contributed by atoms with E-state index < -0.39 is 0 Å². The number of para-hydroxylation sites is 1. The van der Waals surface area contributed by atoms with Gasteiger partial charge in [-0.15, -0.1) is 0 Å². The van der Waals surface area contributed by atoms with E-state index in [1.807, 2.05) is 68.4 Å². The highest BCUT2D eigenvalue weighted by Crippen LogP contribution is 2.22. The molecule has 0 fully saturated rings. The highest BCUT2D eigenvalue weighted by atomic mass is 32.2. The molecule has 2 aromatic carbocycles. The minimum Gasteiger partial charge on any atom is -0.344 e. The van der Waals surface area contributed by atoms with Crippen molar-refractivity contribution in [2.24, 2.45) is 0 Å². The number of hydrogen-bond donors (Lipinski definition) is 1. The van der Waals surface area contributed by atoms with Crippen LogP contribution in [-0.2, 0) is 6.54 Å². The Hall–Kier alpha value is -3.91. The molecule has 0 amide bonds. The van der Waals surface area contributed by atoms with Crippen molar-refractivity contribution in [1.82, 2.24) is 24.3 Å². The van der Waals surface area contributed by atoms with E-state index in [1.54, 1.807) is 4.68 Å². The quantitative estimate of drug-likeness (QED) is 0.215. The van der Waals surface area contributed by atoms with Crippen LogP contribution in [0.4, 0.5) is 0 Å². The number of aryl methyl sites for hydroxylation is 1. The number of fused-ring (bicyclic) bond motifs is 1. The number of carbonyl (C=O) groups is 1. The summed E-state index contributed by atoms with van der Waals surface area (Å²) in [6.07, 6.45) is 1.51. The molecule has 0 aliphatic heterocycles. The molecule has 0 aliphatic rings. The molecule has 0 unspecified atom stereocenters. The second kappa shape index (κ2) is 9.15. The molecule has 0 saturated heterocycles. The molecule has 34 heavy (non-hydrogen) atoms. The Bertz CT molecular complexity index is 1530. The van der Waals surface area contributed by atoms with E-state index in [2.05, 4.69) is 31.8 Å². The first-order chi connectivity index (χ1) is 16.5. The molecule has 170 valence electrons. The van der Waals surface area contributed by atoms with Crippen molar-refractivity contribution >= 4 is 28.6 Å². The number of H-pyrrole nitrogens is 1. The van der Waals surface area contributed by atoms with Crippen molar-refractivity contribution in [3.05, 3.63) is 106 Å². The Morgan fingerprint density at radius 3 is 2.47 bits per heavy atom. The lowest BCUT2D eigenvalue weighted by Crippen LogP contribution is -2.11. The molecular formula is C26H23N5O2S. The van der Waals surface area contributed by atoms with E-state index in [0.29, 0.717) is 28.3 Å². The molecule has 0 atom stereocenters. The molecule has 0 aliphatic carbocycles. The van der Waals surface area contributed by atoms with Crippen molar-refractivity contribution < 1.29 is 4.79 Å². The highest BCUT2D eigenvalue weighted by Gasteiger charge is 2.18. The second-order valence-corrected chi connectivity index (χ2v) is 9.03. The second-order valence-electron chi connectivity index (χ2n) is 8.07. The molecular weight excluding hydrogens is 446 g/mol. The van der Waals surface area contributed by atoms with Gasteiger partial charge in [0.15, 0.2) is 16.6 Å². The van der Waals surface area contributed by atoms with E-state index in [9.17, 15) is 9.59 Å². The van der Waals surface area contributed by atoms with Crippen LogP contribution < -0.4 is 5.56 Å². The highest BCUT2D eigenvalue weighted by molar-refractivity contribution is 7.99. The number of rotatable bonds is 7. The minimum absolute atomic E-state index is 0.00303. The lowest BCUT2D eigenvalue weighted by Gasteiger charge is -2.10. The summed E-state index contributed by atoms with van der Waals surface area (Å²) in [5.74, 6) is 0.167. The summed E-state index contributed by atoms with van der Waals surface area (Å²) in [4.78, 5) is 33.0. The average Bonchev–Trinajstić information content (AvgIpc) is 3.41. The van der Waals surface area contributed by atoms with Crippen molar-refractivity contribution in [3.8, 4) is 5.69 Å². The number of aromatic amines is 1. The van der Waals surface area contributed by atoms with Crippen molar-refractivity contribution in [3.63, 3.8) is 0 Å². The van der Waals surface area contributed by atoms with Crippen LogP contribution in [-0.4, -0.2) is 35.9 Å². The van der Waals surface area contributed by atoms with Gasteiger partial charge in [0.25, 0.3) is 5.56 Å². The van der Waals surface area contributed by atoms with Crippen LogP contribution in [0, 0.1) is 13.8 Å². The minimum atomic E-state index is -0.275. The van der Waals surface area contributed by atoms with Crippen LogP contribution >= 0.6 is 11.8 Å². The van der Waals surface area contributed by atoms with Crippen molar-refractivity contribution in [2.45, 2.75) is 25.5 Å². The maximum Gasteiger partial charge on any atom is 0.262 e. The van der Waals surface area contributed by atoms with E-state index in [-0.39, 0.29) is 17.1 Å². The van der Waals surface area contributed by atoms with E-state index >= 15 is 0 Å². The largest absolute Gasteiger partial charge is 0.344 e. The van der Waals surface area contributed by atoms with Gasteiger partial charge in [0.05, 0.1) is 17.6 Å². The summed E-state index contributed by atoms with van der Waals surface area (Å²) in [5.41, 5.74) is 4.85. The Labute approximate surface area is 200 Å². The maximum absolute atomic E-state index is 13.1. The summed E-state index contributed by atoms with van der Waals surface area (Å²) in [6.45, 7) is 4.70. The SMILES string of the molecule is Cc1cc(C(=O)CSc2nc3c(cnn3-c3ccccc3)c(=O)[nH]2)c(C)n1Cc1ccccc1. The third kappa shape index (κ3) is 4.20. The number of carbonyl (C=O) groups excluding carboxylic acids is 1. The Morgan fingerprint density at radius 2 is 1.74 bits per heavy atom. The first-order valence-corrected chi connectivity index (χ1v) is 11.9. The first kappa shape index (κ1) is 21.9. The van der Waals surface area contributed by atoms with Gasteiger partial charge in [-0.1, -0.05) is 60.3 Å². The van der Waals surface area contributed by atoms with Gasteiger partial charge in [-0.05, 0) is 37.6 Å². The van der Waals surface area contributed by atoms with E-state index in [4.69, 9.17) is 0 Å². The van der Waals surface area contributed by atoms with Crippen LogP contribution in [0.1, 0.15) is 27.3 Å². The zero-order valence-electron chi connectivity index (χ0n) is 18.9. The summed E-state index contributed by atoms with van der Waals surface area (Å²) >= 11 is 1.22. The van der Waals surface area contributed by atoms with Gasteiger partial charge in [-0.25, -0.2) is 9.67 Å². The normalized spacial score (nSPS) is 11.2. The lowest BCUT2D eigenvalue weighted by atomic mass is 10.2. The van der Waals surface area contributed by atoms with Gasteiger partial charge in [-0.3, -0.25) is 9.59 Å². The molecule has 5 aromatic rings. The Kier molecular flexibility index (Phi) is 5.90. The third-order valence-electron chi connectivity index (χ3n) is 5.81. The fourth-order valence-electron chi connectivity index (χ4n) is 4.03. The van der Waals surface area contributed by atoms with Crippen LogP contribution in [0.3, 0.4) is 0 Å². The average molecular weight is 470 g/mol. The van der Waals surface area contributed by atoms with Gasteiger partial charge in [-0.2, -0.15) is 5.10 Å². The van der Waals surface area contributed by atoms with Crippen LogP contribution in [0.25, 0.3) is 16.7 Å². The number of benzene rings is 2. The number of hydrogen-bond acceptors (Lipinski definition) is 5. The van der Waals surface area contributed by atoms with Gasteiger partial charge in [0.1, 0.15) is 5.39 Å². The lowest BCUT2D eigenvalue weighted by molar-refractivity contribution is 0.102. The smallest absolute Gasteiger partial charge is 0.262 e. The number of thioether (sulfide) groups is 1. The molecule has 0 saturated carbocycles. The number of nitrogens with one attached hydrogen (secondary N) is 1. The molecule has 8 heteroatoms. The van der Waals surface area contributed by atoms with Gasteiger partial charge in [0.2, 0.25) is 0 Å². The summed E-state index contributed by atoms with van der Waals surface area (Å²) < 4.78 is 3.78. The number of Topliss-reactive ketones (excluding diaryl/α,β-unsaturated/α-hetero) is 1. The van der Waals surface area contributed by atoms with Crippen LogP contribution in [0.2, 0.25) is 0 Å². The Morgan fingerprint density at radius 1 is 1.03 bits per heavy atom. The number of nitrogens with zero attached hydrogens (tertiary/aromatic N) is 4. The fourth-order valence-corrected chi connectivity index (χ4v) is 4.77. The molecule has 0 radical (unpaired) electrons. The summed E-state index contributed by atoms with van der Waals surface area (Å²) in [6, 6.07) is 21.6. The van der Waals surface area contributed by atoms with Gasteiger partial charge in [0, 0.05) is 23.5 Å². The zero-order chi connectivity index (χ0) is 23.7. The molecule has 7 nitrogen and oxygen atoms in total. The predicted octanol–water partition coefficient (Wildman–Crippen LogP) is 4.55. The van der Waals surface area contributed by atoms with Crippen LogP contribution in [0.5, 0.6) is 0 Å². The summed E-state index contributed by atoms with van der Waals surface area (Å²) in [7, 11) is 0. The zero-order valence-corrected chi connectivity index (χ0v) is 19.7. The van der Waals surface area contributed by atoms with Crippen molar-refractivity contribution in [1.29, 1.82) is 0 Å². The topological polar surface area (TPSA) is 85.6 Å². The maximum atomic E-state index is 13.1. The fraction of sp³-hybridized carbons (Fsp3) is 0.154. The molecule has 3 heterocycles. The predicted molar refractivity (Wildman–Crippen MR) is 134 cm³/mol. The standard InChI is InChI=1S/C26H23N5O2S/c1-17-13-21(18(2)30(17)15-19-9-5-3-6-10-19)23(32)16-34-26-28-24-22(25(33)29-26)14-27-31(24)20-11-7-4-8-12-20/h3-14H,15-16H2,1-2H3,(H,28,29,33). The Balaban J connectivity index is 1.37. The van der Waals surface area contributed by atoms with Crippen molar-refractivity contribution in [2.75, 3.05) is 5.75 Å². The van der Waals surface area contributed by atoms with Gasteiger partial charge < -0.3 is 9.55 Å². The molecule has 0 spiro atoms. The van der Waals surface area contributed by atoms with E-state index in [0.717, 1.165) is 17.1 Å². The summed E-state index contributed by atoms with van der Waals surface area (Å²) in [5, 5.41) is 5.12. The molecule has 0 bridgehead atoms. The molecule has 5 rings (SSSR count). The monoisotopic (exact) mass is 469 g/mol. The number of ketones is 1. The van der Waals surface area contributed by atoms with Gasteiger partial charge >= 0.3 is 0 Å².